The maximum Gasteiger partial charge on any atom is 0.236 e. The molecule has 0 spiro atoms. The number of hydrogen-bond donors (Lipinski definition) is 2. The summed E-state index contributed by atoms with van der Waals surface area (Å²) < 4.78 is 12.9. The van der Waals surface area contributed by atoms with Gasteiger partial charge in [-0.05, 0) is 31.4 Å². The molecule has 1 amide bonds. The van der Waals surface area contributed by atoms with E-state index in [1.54, 1.807) is 6.07 Å². The van der Waals surface area contributed by atoms with Crippen molar-refractivity contribution in [1.29, 1.82) is 0 Å². The number of halogens is 1. The third kappa shape index (κ3) is 5.25. The Morgan fingerprint density at radius 1 is 1.35 bits per heavy atom. The second kappa shape index (κ2) is 7.94. The summed E-state index contributed by atoms with van der Waals surface area (Å²) in [5.41, 5.74) is 0.748. The van der Waals surface area contributed by atoms with Crippen LogP contribution in [0.3, 0.4) is 0 Å². The van der Waals surface area contributed by atoms with Gasteiger partial charge in [-0.1, -0.05) is 20.8 Å². The standard InChI is InChI=1S/C15H24FN3O/c1-5-13(14-7-6-12(16)9-17-14)19-11(4)15(20)18-8-10(2)3/h6-7,9-11,13,19H,5,8H2,1-4H3,(H,18,20). The molecule has 4 nitrogen and oxygen atoms in total. The monoisotopic (exact) mass is 281 g/mol. The number of nitrogens with zero attached hydrogens (tertiary/aromatic N) is 1. The Morgan fingerprint density at radius 2 is 2.05 bits per heavy atom. The molecule has 0 aliphatic rings. The van der Waals surface area contributed by atoms with Gasteiger partial charge in [-0.25, -0.2) is 4.39 Å². The average Bonchev–Trinajstić information content (AvgIpc) is 2.42. The highest BCUT2D eigenvalue weighted by molar-refractivity contribution is 5.81. The smallest absolute Gasteiger partial charge is 0.236 e. The molecule has 0 bridgehead atoms. The zero-order chi connectivity index (χ0) is 15.1. The third-order valence-electron chi connectivity index (χ3n) is 3.04. The highest BCUT2D eigenvalue weighted by atomic mass is 19.1. The van der Waals surface area contributed by atoms with Crippen LogP contribution in [-0.4, -0.2) is 23.5 Å². The highest BCUT2D eigenvalue weighted by Crippen LogP contribution is 2.15. The van der Waals surface area contributed by atoms with E-state index in [9.17, 15) is 9.18 Å². The predicted molar refractivity (Wildman–Crippen MR) is 77.7 cm³/mol. The van der Waals surface area contributed by atoms with Crippen LogP contribution >= 0.6 is 0 Å². The Bertz CT molecular complexity index is 420. The van der Waals surface area contributed by atoms with E-state index in [4.69, 9.17) is 0 Å². The number of carbonyl (C=O) groups is 1. The second-order valence-electron chi connectivity index (χ2n) is 5.39. The van der Waals surface area contributed by atoms with E-state index in [-0.39, 0.29) is 23.8 Å². The minimum absolute atomic E-state index is 0.0285. The summed E-state index contributed by atoms with van der Waals surface area (Å²) in [5.74, 6) is 0.0393. The van der Waals surface area contributed by atoms with Gasteiger partial charge in [0.1, 0.15) is 5.82 Å². The molecule has 0 aliphatic heterocycles. The van der Waals surface area contributed by atoms with Crippen molar-refractivity contribution in [2.45, 2.75) is 46.2 Å². The van der Waals surface area contributed by atoms with Crippen molar-refractivity contribution in [2.75, 3.05) is 6.54 Å². The SMILES string of the molecule is CCC(NC(C)C(=O)NCC(C)C)c1ccc(F)cn1. The van der Waals surface area contributed by atoms with Crippen LogP contribution in [0.4, 0.5) is 4.39 Å². The van der Waals surface area contributed by atoms with Gasteiger partial charge in [0, 0.05) is 12.6 Å². The molecule has 1 heterocycles. The van der Waals surface area contributed by atoms with Gasteiger partial charge < -0.3 is 5.32 Å². The molecule has 0 saturated heterocycles. The molecule has 1 rings (SSSR count). The second-order valence-corrected chi connectivity index (χ2v) is 5.39. The summed E-state index contributed by atoms with van der Waals surface area (Å²) in [5, 5.41) is 6.12. The minimum atomic E-state index is -0.355. The van der Waals surface area contributed by atoms with Crippen molar-refractivity contribution in [3.05, 3.63) is 29.8 Å². The number of nitrogens with one attached hydrogen (secondary N) is 2. The Hall–Kier alpha value is -1.49. The van der Waals surface area contributed by atoms with E-state index in [2.05, 4.69) is 29.5 Å². The van der Waals surface area contributed by atoms with Gasteiger partial charge in [0.15, 0.2) is 0 Å². The fraction of sp³-hybridized carbons (Fsp3) is 0.600. The van der Waals surface area contributed by atoms with Crippen LogP contribution < -0.4 is 10.6 Å². The summed E-state index contributed by atoms with van der Waals surface area (Å²) in [7, 11) is 0. The van der Waals surface area contributed by atoms with E-state index in [1.165, 1.54) is 12.3 Å². The van der Waals surface area contributed by atoms with Crippen LogP contribution in [0.1, 0.15) is 45.9 Å². The predicted octanol–water partition coefficient (Wildman–Crippen LogP) is 2.42. The fourth-order valence-corrected chi connectivity index (χ4v) is 1.84. The van der Waals surface area contributed by atoms with Gasteiger partial charge in [-0.15, -0.1) is 0 Å². The first-order valence-electron chi connectivity index (χ1n) is 7.09. The summed E-state index contributed by atoms with van der Waals surface area (Å²) in [4.78, 5) is 16.0. The van der Waals surface area contributed by atoms with Crippen LogP contribution in [0, 0.1) is 11.7 Å². The lowest BCUT2D eigenvalue weighted by Gasteiger charge is -2.21. The molecule has 0 saturated carbocycles. The molecule has 0 aliphatic carbocycles. The first-order chi connectivity index (χ1) is 9.43. The fourth-order valence-electron chi connectivity index (χ4n) is 1.84. The van der Waals surface area contributed by atoms with E-state index in [0.29, 0.717) is 12.5 Å². The summed E-state index contributed by atoms with van der Waals surface area (Å²) in [6, 6.07) is 2.66. The van der Waals surface area contributed by atoms with Crippen LogP contribution in [0.15, 0.2) is 18.3 Å². The lowest BCUT2D eigenvalue weighted by atomic mass is 10.1. The molecule has 2 unspecified atom stereocenters. The molecule has 0 aromatic carbocycles. The molecule has 1 aromatic rings. The lowest BCUT2D eigenvalue weighted by Crippen LogP contribution is -2.44. The molecular formula is C15H24FN3O. The molecule has 1 aromatic heterocycles. The van der Waals surface area contributed by atoms with E-state index in [1.807, 2.05) is 13.8 Å². The molecule has 0 radical (unpaired) electrons. The largest absolute Gasteiger partial charge is 0.354 e. The molecule has 0 fully saturated rings. The van der Waals surface area contributed by atoms with E-state index >= 15 is 0 Å². The van der Waals surface area contributed by atoms with Crippen molar-refractivity contribution in [2.24, 2.45) is 5.92 Å². The Balaban J connectivity index is 2.59. The maximum atomic E-state index is 12.9. The normalized spacial score (nSPS) is 14.1. The lowest BCUT2D eigenvalue weighted by molar-refractivity contribution is -0.123. The number of hydrogen-bond acceptors (Lipinski definition) is 3. The average molecular weight is 281 g/mol. The van der Waals surface area contributed by atoms with Gasteiger partial charge >= 0.3 is 0 Å². The van der Waals surface area contributed by atoms with Crippen molar-refractivity contribution in [3.63, 3.8) is 0 Å². The van der Waals surface area contributed by atoms with Crippen molar-refractivity contribution >= 4 is 5.91 Å². The number of rotatable bonds is 7. The molecule has 5 heteroatoms. The number of pyridine rings is 1. The minimum Gasteiger partial charge on any atom is -0.354 e. The van der Waals surface area contributed by atoms with Crippen molar-refractivity contribution in [3.8, 4) is 0 Å². The first-order valence-corrected chi connectivity index (χ1v) is 7.09. The van der Waals surface area contributed by atoms with Crippen molar-refractivity contribution in [1.82, 2.24) is 15.6 Å². The van der Waals surface area contributed by atoms with E-state index < -0.39 is 0 Å². The zero-order valence-corrected chi connectivity index (χ0v) is 12.6. The third-order valence-corrected chi connectivity index (χ3v) is 3.04. The summed E-state index contributed by atoms with van der Waals surface area (Å²) in [6.45, 7) is 8.59. The summed E-state index contributed by atoms with van der Waals surface area (Å²) >= 11 is 0. The van der Waals surface area contributed by atoms with Crippen molar-refractivity contribution < 1.29 is 9.18 Å². The van der Waals surface area contributed by atoms with Gasteiger partial charge in [0.05, 0.1) is 17.9 Å². The van der Waals surface area contributed by atoms with Crippen LogP contribution in [-0.2, 0) is 4.79 Å². The Kier molecular flexibility index (Phi) is 6.58. The molecule has 2 N–H and O–H groups in total. The van der Waals surface area contributed by atoms with Gasteiger partial charge in [-0.3, -0.25) is 15.1 Å². The highest BCUT2D eigenvalue weighted by Gasteiger charge is 2.18. The first kappa shape index (κ1) is 16.6. The van der Waals surface area contributed by atoms with Gasteiger partial charge in [-0.2, -0.15) is 0 Å². The van der Waals surface area contributed by atoms with Crippen LogP contribution in [0.25, 0.3) is 0 Å². The van der Waals surface area contributed by atoms with E-state index in [0.717, 1.165) is 12.1 Å². The van der Waals surface area contributed by atoms with Crippen LogP contribution in [0.5, 0.6) is 0 Å². The molecule has 20 heavy (non-hydrogen) atoms. The quantitative estimate of drug-likeness (QED) is 0.807. The van der Waals surface area contributed by atoms with Gasteiger partial charge in [0.2, 0.25) is 5.91 Å². The topological polar surface area (TPSA) is 54.0 Å². The Morgan fingerprint density at radius 3 is 2.55 bits per heavy atom. The zero-order valence-electron chi connectivity index (χ0n) is 12.6. The molecular weight excluding hydrogens is 257 g/mol. The Labute approximate surface area is 120 Å². The maximum absolute atomic E-state index is 12.9. The summed E-state index contributed by atoms with van der Waals surface area (Å²) in [6.07, 6.45) is 1.98. The number of amides is 1. The number of carbonyl (C=O) groups excluding carboxylic acids is 1. The molecule has 2 atom stereocenters. The molecule has 112 valence electrons. The van der Waals surface area contributed by atoms with Crippen LogP contribution in [0.2, 0.25) is 0 Å². The number of aromatic nitrogens is 1. The van der Waals surface area contributed by atoms with Gasteiger partial charge in [0.25, 0.3) is 0 Å².